The zero-order valence-corrected chi connectivity index (χ0v) is 9.53. The molecule has 0 aromatic carbocycles. The Morgan fingerprint density at radius 2 is 2.00 bits per heavy atom. The second kappa shape index (κ2) is 5.83. The molecule has 1 heterocycles. The van der Waals surface area contributed by atoms with Gasteiger partial charge in [-0.1, -0.05) is 13.8 Å². The molecule has 84 valence electrons. The van der Waals surface area contributed by atoms with Gasteiger partial charge in [-0.05, 0) is 29.5 Å². The lowest BCUT2D eigenvalue weighted by molar-refractivity contribution is 0.207. The minimum absolute atomic E-state index is 0.155. The molecule has 0 aliphatic rings. The van der Waals surface area contributed by atoms with Crippen LogP contribution in [-0.2, 0) is 6.54 Å². The fourth-order valence-corrected chi connectivity index (χ4v) is 1.44. The third-order valence-electron chi connectivity index (χ3n) is 2.47. The first-order valence-electron chi connectivity index (χ1n) is 5.34. The molecule has 0 unspecified atom stereocenters. The molecule has 15 heavy (non-hydrogen) atoms. The molecule has 0 bridgehead atoms. The summed E-state index contributed by atoms with van der Waals surface area (Å²) in [6.45, 7) is 6.34. The van der Waals surface area contributed by atoms with E-state index in [4.69, 9.17) is 5.11 Å². The standard InChI is InChI=1S/C12H20N2O/c1-12(2,5-8-15)10-14-9-11-3-6-13-7-4-11/h3-4,6-7,14-15H,5,8-10H2,1-2H3. The van der Waals surface area contributed by atoms with Crippen LogP contribution < -0.4 is 5.32 Å². The van der Waals surface area contributed by atoms with Gasteiger partial charge < -0.3 is 10.4 Å². The number of hydrogen-bond donors (Lipinski definition) is 2. The fraction of sp³-hybridized carbons (Fsp3) is 0.583. The summed E-state index contributed by atoms with van der Waals surface area (Å²) < 4.78 is 0. The Balaban J connectivity index is 2.27. The van der Waals surface area contributed by atoms with Gasteiger partial charge in [-0.3, -0.25) is 4.98 Å². The molecule has 0 amide bonds. The minimum Gasteiger partial charge on any atom is -0.396 e. The lowest BCUT2D eigenvalue weighted by atomic mass is 9.90. The molecule has 0 saturated carbocycles. The maximum Gasteiger partial charge on any atom is 0.0436 e. The Kier molecular flexibility index (Phi) is 4.72. The molecule has 3 heteroatoms. The normalized spacial score (nSPS) is 11.7. The summed E-state index contributed by atoms with van der Waals surface area (Å²) in [4.78, 5) is 3.97. The highest BCUT2D eigenvalue weighted by Crippen LogP contribution is 2.18. The van der Waals surface area contributed by atoms with Crippen LogP contribution in [-0.4, -0.2) is 23.2 Å². The van der Waals surface area contributed by atoms with Crippen LogP contribution in [0.1, 0.15) is 25.8 Å². The first-order valence-corrected chi connectivity index (χ1v) is 5.34. The molecule has 0 radical (unpaired) electrons. The molecule has 0 saturated heterocycles. The van der Waals surface area contributed by atoms with Crippen molar-refractivity contribution in [3.8, 4) is 0 Å². The van der Waals surface area contributed by atoms with Gasteiger partial charge in [-0.2, -0.15) is 0 Å². The Morgan fingerprint density at radius 3 is 2.60 bits per heavy atom. The van der Waals surface area contributed by atoms with Crippen LogP contribution >= 0.6 is 0 Å². The van der Waals surface area contributed by atoms with Crippen molar-refractivity contribution < 1.29 is 5.11 Å². The van der Waals surface area contributed by atoms with Gasteiger partial charge in [0.1, 0.15) is 0 Å². The Bertz CT molecular complexity index is 272. The van der Waals surface area contributed by atoms with Crippen LogP contribution in [0.4, 0.5) is 0 Å². The summed E-state index contributed by atoms with van der Waals surface area (Å²) in [6.07, 6.45) is 4.43. The lowest BCUT2D eigenvalue weighted by Crippen LogP contribution is -2.29. The molecular formula is C12H20N2O. The van der Waals surface area contributed by atoms with Crippen molar-refractivity contribution in [1.29, 1.82) is 0 Å². The van der Waals surface area contributed by atoms with Gasteiger partial charge in [-0.15, -0.1) is 0 Å². The molecule has 0 aliphatic heterocycles. The molecule has 0 spiro atoms. The van der Waals surface area contributed by atoms with Crippen LogP contribution in [0.25, 0.3) is 0 Å². The summed E-state index contributed by atoms with van der Waals surface area (Å²) in [7, 11) is 0. The maximum atomic E-state index is 8.88. The van der Waals surface area contributed by atoms with Crippen LogP contribution in [0, 0.1) is 5.41 Å². The lowest BCUT2D eigenvalue weighted by Gasteiger charge is -2.23. The number of rotatable bonds is 6. The number of hydrogen-bond acceptors (Lipinski definition) is 3. The van der Waals surface area contributed by atoms with Crippen molar-refractivity contribution in [2.24, 2.45) is 5.41 Å². The summed E-state index contributed by atoms with van der Waals surface area (Å²) in [6, 6.07) is 4.01. The van der Waals surface area contributed by atoms with Gasteiger partial charge in [0.2, 0.25) is 0 Å². The van der Waals surface area contributed by atoms with Crippen LogP contribution in [0.3, 0.4) is 0 Å². The van der Waals surface area contributed by atoms with Crippen molar-refractivity contribution in [3.05, 3.63) is 30.1 Å². The molecule has 0 aliphatic carbocycles. The van der Waals surface area contributed by atoms with E-state index in [0.717, 1.165) is 19.5 Å². The van der Waals surface area contributed by atoms with E-state index in [0.29, 0.717) is 0 Å². The molecule has 0 atom stereocenters. The minimum atomic E-state index is 0.155. The second-order valence-electron chi connectivity index (χ2n) is 4.60. The highest BCUT2D eigenvalue weighted by Gasteiger charge is 2.15. The smallest absolute Gasteiger partial charge is 0.0436 e. The number of nitrogens with zero attached hydrogens (tertiary/aromatic N) is 1. The number of pyridine rings is 1. The van der Waals surface area contributed by atoms with Gasteiger partial charge >= 0.3 is 0 Å². The number of nitrogens with one attached hydrogen (secondary N) is 1. The number of aliphatic hydroxyl groups excluding tert-OH is 1. The molecule has 3 nitrogen and oxygen atoms in total. The number of aliphatic hydroxyl groups is 1. The summed E-state index contributed by atoms with van der Waals surface area (Å²) in [5, 5.41) is 12.3. The van der Waals surface area contributed by atoms with Crippen molar-refractivity contribution in [2.45, 2.75) is 26.8 Å². The molecule has 0 fully saturated rings. The topological polar surface area (TPSA) is 45.1 Å². The Morgan fingerprint density at radius 1 is 1.33 bits per heavy atom. The third-order valence-corrected chi connectivity index (χ3v) is 2.47. The van der Waals surface area contributed by atoms with E-state index in [1.165, 1.54) is 5.56 Å². The summed E-state index contributed by atoms with van der Waals surface area (Å²) in [5.74, 6) is 0. The Hall–Kier alpha value is -0.930. The average molecular weight is 208 g/mol. The SMILES string of the molecule is CC(C)(CCO)CNCc1ccncc1. The average Bonchev–Trinajstić information content (AvgIpc) is 2.19. The molecule has 1 aromatic heterocycles. The van der Waals surface area contributed by atoms with E-state index in [1.54, 1.807) is 12.4 Å². The van der Waals surface area contributed by atoms with Crippen LogP contribution in [0.15, 0.2) is 24.5 Å². The third kappa shape index (κ3) is 4.91. The van der Waals surface area contributed by atoms with Gasteiger partial charge in [0.15, 0.2) is 0 Å². The predicted octanol–water partition coefficient (Wildman–Crippen LogP) is 1.58. The van der Waals surface area contributed by atoms with E-state index < -0.39 is 0 Å². The highest BCUT2D eigenvalue weighted by atomic mass is 16.3. The quantitative estimate of drug-likeness (QED) is 0.746. The van der Waals surface area contributed by atoms with Gasteiger partial charge in [0.05, 0.1) is 0 Å². The molecule has 1 aromatic rings. The van der Waals surface area contributed by atoms with E-state index in [9.17, 15) is 0 Å². The Labute approximate surface area is 91.5 Å². The zero-order valence-electron chi connectivity index (χ0n) is 9.53. The van der Waals surface area contributed by atoms with Crippen LogP contribution in [0.5, 0.6) is 0 Å². The van der Waals surface area contributed by atoms with Gasteiger partial charge in [0, 0.05) is 32.1 Å². The van der Waals surface area contributed by atoms with Gasteiger partial charge in [0.25, 0.3) is 0 Å². The first-order chi connectivity index (χ1) is 7.14. The van der Waals surface area contributed by atoms with E-state index in [2.05, 4.69) is 24.1 Å². The first kappa shape index (κ1) is 12.1. The molecule has 1 rings (SSSR count). The monoisotopic (exact) mass is 208 g/mol. The molecule has 2 N–H and O–H groups in total. The largest absolute Gasteiger partial charge is 0.396 e. The van der Waals surface area contributed by atoms with Crippen LogP contribution in [0.2, 0.25) is 0 Å². The summed E-state index contributed by atoms with van der Waals surface area (Å²) >= 11 is 0. The fourth-order valence-electron chi connectivity index (χ4n) is 1.44. The highest BCUT2D eigenvalue weighted by molar-refractivity contribution is 5.08. The second-order valence-corrected chi connectivity index (χ2v) is 4.60. The zero-order chi connectivity index (χ0) is 11.1. The van der Waals surface area contributed by atoms with Gasteiger partial charge in [-0.25, -0.2) is 0 Å². The van der Waals surface area contributed by atoms with E-state index >= 15 is 0 Å². The van der Waals surface area contributed by atoms with Crippen molar-refractivity contribution in [1.82, 2.24) is 10.3 Å². The van der Waals surface area contributed by atoms with Crippen molar-refractivity contribution in [2.75, 3.05) is 13.2 Å². The predicted molar refractivity (Wildman–Crippen MR) is 61.4 cm³/mol. The van der Waals surface area contributed by atoms with Crippen molar-refractivity contribution >= 4 is 0 Å². The maximum absolute atomic E-state index is 8.88. The van der Waals surface area contributed by atoms with E-state index in [-0.39, 0.29) is 12.0 Å². The van der Waals surface area contributed by atoms with Crippen molar-refractivity contribution in [3.63, 3.8) is 0 Å². The molecular weight excluding hydrogens is 188 g/mol. The summed E-state index contributed by atoms with van der Waals surface area (Å²) in [5.41, 5.74) is 1.40. The number of aromatic nitrogens is 1. The van der Waals surface area contributed by atoms with E-state index in [1.807, 2.05) is 12.1 Å².